The molecule has 3 nitrogen and oxygen atoms in total. The number of hydrogen-bond acceptors (Lipinski definition) is 3. The second kappa shape index (κ2) is 6.55. The number of benzene rings is 1. The van der Waals surface area contributed by atoms with Crippen molar-refractivity contribution in [3.8, 4) is 0 Å². The smallest absolute Gasteiger partial charge is 0.141 e. The second-order valence-electron chi connectivity index (χ2n) is 5.19. The van der Waals surface area contributed by atoms with Crippen molar-refractivity contribution < 1.29 is 0 Å². The van der Waals surface area contributed by atoms with E-state index in [1.165, 1.54) is 0 Å². The maximum atomic E-state index is 5.96. The molecule has 0 fully saturated rings. The van der Waals surface area contributed by atoms with E-state index >= 15 is 0 Å². The number of nitrogens with two attached hydrogens (primary N) is 1. The van der Waals surface area contributed by atoms with Gasteiger partial charge in [0.2, 0.25) is 0 Å². The molecule has 0 unspecified atom stereocenters. The zero-order valence-electron chi connectivity index (χ0n) is 11.5. The van der Waals surface area contributed by atoms with Crippen LogP contribution in [0.1, 0.15) is 30.9 Å². The molecule has 0 radical (unpaired) electrons. The van der Waals surface area contributed by atoms with Crippen molar-refractivity contribution >= 4 is 33.3 Å². The van der Waals surface area contributed by atoms with E-state index in [0.717, 1.165) is 33.0 Å². The molecule has 0 saturated heterocycles. The van der Waals surface area contributed by atoms with Gasteiger partial charge in [0.25, 0.3) is 0 Å². The first kappa shape index (κ1) is 15.3. The average molecular weight is 355 g/mol. The van der Waals surface area contributed by atoms with Crippen LogP contribution in [0.5, 0.6) is 0 Å². The van der Waals surface area contributed by atoms with Gasteiger partial charge in [0.05, 0.1) is 10.2 Å². The topological polar surface area (TPSA) is 51.8 Å². The quantitative estimate of drug-likeness (QED) is 0.892. The number of nitrogen functional groups attached to an aromatic ring is 1. The standard InChI is InChI=1S/C15H17BrClN3/c1-9(2)7-12-14(16)15(18)20-13(19-12)8-10-3-5-11(17)6-4-10/h3-6,9H,7-8H2,1-2H3,(H2,18,19,20). The summed E-state index contributed by atoms with van der Waals surface area (Å²) in [7, 11) is 0. The molecule has 0 aliphatic heterocycles. The van der Waals surface area contributed by atoms with Crippen LogP contribution in [-0.2, 0) is 12.8 Å². The lowest BCUT2D eigenvalue weighted by molar-refractivity contribution is 0.629. The molecule has 0 amide bonds. The van der Waals surface area contributed by atoms with E-state index in [0.29, 0.717) is 18.2 Å². The molecule has 0 aliphatic rings. The first-order chi connectivity index (χ1) is 9.45. The van der Waals surface area contributed by atoms with Gasteiger partial charge >= 0.3 is 0 Å². The lowest BCUT2D eigenvalue weighted by Gasteiger charge is -2.11. The van der Waals surface area contributed by atoms with E-state index in [1.807, 2.05) is 24.3 Å². The summed E-state index contributed by atoms with van der Waals surface area (Å²) in [6, 6.07) is 7.69. The van der Waals surface area contributed by atoms with Gasteiger partial charge in [0.1, 0.15) is 11.6 Å². The van der Waals surface area contributed by atoms with Gasteiger partial charge in [-0.15, -0.1) is 0 Å². The third-order valence-electron chi connectivity index (χ3n) is 2.87. The predicted octanol–water partition coefficient (Wildman–Crippen LogP) is 4.26. The van der Waals surface area contributed by atoms with E-state index in [2.05, 4.69) is 39.7 Å². The number of anilines is 1. The Kier molecular flexibility index (Phi) is 5.00. The van der Waals surface area contributed by atoms with Crippen molar-refractivity contribution in [3.05, 3.63) is 50.8 Å². The van der Waals surface area contributed by atoms with Crippen LogP contribution in [0.4, 0.5) is 5.82 Å². The van der Waals surface area contributed by atoms with Crippen molar-refractivity contribution in [3.63, 3.8) is 0 Å². The number of rotatable bonds is 4. The molecular weight excluding hydrogens is 338 g/mol. The molecule has 2 rings (SSSR count). The first-order valence-electron chi connectivity index (χ1n) is 6.51. The maximum Gasteiger partial charge on any atom is 0.141 e. The van der Waals surface area contributed by atoms with Crippen molar-refractivity contribution in [1.82, 2.24) is 9.97 Å². The Bertz CT molecular complexity index is 597. The van der Waals surface area contributed by atoms with Crippen molar-refractivity contribution in [2.75, 3.05) is 5.73 Å². The van der Waals surface area contributed by atoms with Crippen LogP contribution >= 0.6 is 27.5 Å². The summed E-state index contributed by atoms with van der Waals surface area (Å²) < 4.78 is 0.811. The highest BCUT2D eigenvalue weighted by Crippen LogP contribution is 2.24. The zero-order valence-corrected chi connectivity index (χ0v) is 13.9. The number of aromatic nitrogens is 2. The molecule has 20 heavy (non-hydrogen) atoms. The third kappa shape index (κ3) is 3.93. The maximum absolute atomic E-state index is 5.96. The predicted molar refractivity (Wildman–Crippen MR) is 86.9 cm³/mol. The minimum absolute atomic E-state index is 0.500. The molecule has 1 aromatic heterocycles. The normalized spacial score (nSPS) is 11.1. The van der Waals surface area contributed by atoms with Gasteiger partial charge < -0.3 is 5.73 Å². The fourth-order valence-electron chi connectivity index (χ4n) is 1.95. The van der Waals surface area contributed by atoms with Crippen LogP contribution in [-0.4, -0.2) is 9.97 Å². The molecule has 0 atom stereocenters. The SMILES string of the molecule is CC(C)Cc1nc(Cc2ccc(Cl)cc2)nc(N)c1Br. The van der Waals surface area contributed by atoms with Gasteiger partial charge in [-0.05, 0) is 46.0 Å². The highest BCUT2D eigenvalue weighted by atomic mass is 79.9. The van der Waals surface area contributed by atoms with Crippen LogP contribution < -0.4 is 5.73 Å². The molecule has 0 saturated carbocycles. The zero-order chi connectivity index (χ0) is 14.7. The summed E-state index contributed by atoms with van der Waals surface area (Å²) in [6.45, 7) is 4.31. The Morgan fingerprint density at radius 3 is 2.45 bits per heavy atom. The summed E-state index contributed by atoms with van der Waals surface area (Å²) in [5.41, 5.74) is 8.04. The van der Waals surface area contributed by atoms with E-state index < -0.39 is 0 Å². The molecule has 0 aliphatic carbocycles. The lowest BCUT2D eigenvalue weighted by Crippen LogP contribution is -2.08. The van der Waals surface area contributed by atoms with E-state index in [-0.39, 0.29) is 0 Å². The number of hydrogen-bond donors (Lipinski definition) is 1. The molecule has 5 heteroatoms. The van der Waals surface area contributed by atoms with Gasteiger partial charge in [-0.2, -0.15) is 0 Å². The lowest BCUT2D eigenvalue weighted by atomic mass is 10.1. The first-order valence-corrected chi connectivity index (χ1v) is 7.68. The number of nitrogens with zero attached hydrogens (tertiary/aromatic N) is 2. The summed E-state index contributed by atoms with van der Waals surface area (Å²) in [5, 5.41) is 0.727. The second-order valence-corrected chi connectivity index (χ2v) is 6.42. The van der Waals surface area contributed by atoms with Crippen molar-refractivity contribution in [2.45, 2.75) is 26.7 Å². The molecule has 2 aromatic rings. The van der Waals surface area contributed by atoms with Gasteiger partial charge in [0, 0.05) is 11.4 Å². The summed E-state index contributed by atoms with van der Waals surface area (Å²) >= 11 is 9.36. The van der Waals surface area contributed by atoms with Crippen molar-refractivity contribution in [2.24, 2.45) is 5.92 Å². The molecular formula is C15H17BrClN3. The van der Waals surface area contributed by atoms with Gasteiger partial charge in [0.15, 0.2) is 0 Å². The Balaban J connectivity index is 2.27. The van der Waals surface area contributed by atoms with Gasteiger partial charge in [-0.1, -0.05) is 37.6 Å². The number of halogens is 2. The summed E-state index contributed by atoms with van der Waals surface area (Å²) in [4.78, 5) is 8.97. The van der Waals surface area contributed by atoms with Gasteiger partial charge in [-0.3, -0.25) is 0 Å². The summed E-state index contributed by atoms with van der Waals surface area (Å²) in [5.74, 6) is 1.76. The minimum Gasteiger partial charge on any atom is -0.383 e. The summed E-state index contributed by atoms with van der Waals surface area (Å²) in [6.07, 6.45) is 1.53. The molecule has 1 heterocycles. The van der Waals surface area contributed by atoms with E-state index in [1.54, 1.807) is 0 Å². The van der Waals surface area contributed by atoms with Crippen LogP contribution in [0.2, 0.25) is 5.02 Å². The highest BCUT2D eigenvalue weighted by Gasteiger charge is 2.12. The Labute approximate surface area is 132 Å². The molecule has 0 bridgehead atoms. The molecule has 1 aromatic carbocycles. The molecule has 2 N–H and O–H groups in total. The Hall–Kier alpha value is -1.13. The van der Waals surface area contributed by atoms with Crippen LogP contribution in [0.3, 0.4) is 0 Å². The van der Waals surface area contributed by atoms with Crippen LogP contribution in [0.15, 0.2) is 28.7 Å². The Morgan fingerprint density at radius 2 is 1.85 bits per heavy atom. The molecule has 0 spiro atoms. The fraction of sp³-hybridized carbons (Fsp3) is 0.333. The highest BCUT2D eigenvalue weighted by molar-refractivity contribution is 9.10. The molecule has 106 valence electrons. The largest absolute Gasteiger partial charge is 0.383 e. The average Bonchev–Trinajstić information content (AvgIpc) is 2.37. The van der Waals surface area contributed by atoms with Gasteiger partial charge in [-0.25, -0.2) is 9.97 Å². The van der Waals surface area contributed by atoms with Crippen LogP contribution in [0.25, 0.3) is 0 Å². The van der Waals surface area contributed by atoms with E-state index in [4.69, 9.17) is 17.3 Å². The minimum atomic E-state index is 0.500. The fourth-order valence-corrected chi connectivity index (χ4v) is 2.42. The van der Waals surface area contributed by atoms with Crippen LogP contribution in [0, 0.1) is 5.92 Å². The van der Waals surface area contributed by atoms with E-state index in [9.17, 15) is 0 Å². The Morgan fingerprint density at radius 1 is 1.20 bits per heavy atom. The third-order valence-corrected chi connectivity index (χ3v) is 3.98. The monoisotopic (exact) mass is 353 g/mol. The van der Waals surface area contributed by atoms with Crippen molar-refractivity contribution in [1.29, 1.82) is 0 Å².